The molecule has 34 heavy (non-hydrogen) atoms. The van der Waals surface area contributed by atoms with E-state index < -0.39 is 23.3 Å². The average Bonchev–Trinajstić information content (AvgIpc) is 2.80. The molecule has 0 saturated heterocycles. The van der Waals surface area contributed by atoms with E-state index in [1.807, 2.05) is 6.92 Å². The number of esters is 1. The van der Waals surface area contributed by atoms with E-state index in [1.54, 1.807) is 46.1 Å². The number of carbonyl (C=O) groups excluding carboxylic acids is 3. The van der Waals surface area contributed by atoms with E-state index in [9.17, 15) is 14.4 Å². The molecule has 2 aromatic carbocycles. The molecule has 2 amide bonds. The molecule has 0 aliphatic rings. The quantitative estimate of drug-likeness (QED) is 0.371. The smallest absolute Gasteiger partial charge is 0.308 e. The van der Waals surface area contributed by atoms with E-state index >= 15 is 0 Å². The van der Waals surface area contributed by atoms with Gasteiger partial charge in [-0.1, -0.05) is 13.0 Å². The molecule has 0 spiro atoms. The Morgan fingerprint density at radius 3 is 1.94 bits per heavy atom. The second-order valence-corrected chi connectivity index (χ2v) is 8.40. The number of amides is 2. The third kappa shape index (κ3) is 5.78. The maximum Gasteiger partial charge on any atom is 0.308 e. The van der Waals surface area contributed by atoms with E-state index in [0.717, 1.165) is 5.56 Å². The maximum absolute atomic E-state index is 13.6. The number of nitrogens with zero attached hydrogens (tertiary/aromatic N) is 1. The lowest BCUT2D eigenvalue weighted by molar-refractivity contribution is -0.132. The Hall–Kier alpha value is -3.75. The normalized spacial score (nSPS) is 10.8. The van der Waals surface area contributed by atoms with Gasteiger partial charge in [-0.3, -0.25) is 19.8 Å². The zero-order chi connectivity index (χ0) is 25.6. The second kappa shape index (κ2) is 10.9. The topological polar surface area (TPSA) is 103 Å². The van der Waals surface area contributed by atoms with Crippen molar-refractivity contribution in [3.05, 3.63) is 47.0 Å². The molecule has 0 radical (unpaired) electrons. The molecule has 1 N–H and O–H groups in total. The number of rotatable bonds is 7. The van der Waals surface area contributed by atoms with Crippen LogP contribution in [0, 0.1) is 0 Å². The highest BCUT2D eigenvalue weighted by molar-refractivity contribution is 6.01. The summed E-state index contributed by atoms with van der Waals surface area (Å²) in [5.41, 5.74) is 3.27. The fourth-order valence-corrected chi connectivity index (χ4v) is 3.40. The predicted molar refractivity (Wildman–Crippen MR) is 127 cm³/mol. The first kappa shape index (κ1) is 26.5. The number of carbonyl (C=O) groups is 3. The summed E-state index contributed by atoms with van der Waals surface area (Å²) in [6.07, 6.45) is 0.572. The molecule has 9 heteroatoms. The maximum atomic E-state index is 13.6. The van der Waals surface area contributed by atoms with Crippen LogP contribution in [0.3, 0.4) is 0 Å². The Kier molecular flexibility index (Phi) is 8.51. The van der Waals surface area contributed by atoms with Gasteiger partial charge in [0.15, 0.2) is 11.5 Å². The van der Waals surface area contributed by atoms with Crippen LogP contribution in [0.5, 0.6) is 23.0 Å². The van der Waals surface area contributed by atoms with Crippen LogP contribution >= 0.6 is 0 Å². The molecule has 0 aliphatic heterocycles. The zero-order valence-electron chi connectivity index (χ0n) is 20.9. The van der Waals surface area contributed by atoms with Gasteiger partial charge < -0.3 is 18.9 Å². The number of methoxy groups -OCH3 is 3. The predicted octanol–water partition coefficient (Wildman–Crippen LogP) is 3.79. The molecular weight excluding hydrogens is 440 g/mol. The number of hydrogen-bond donors (Lipinski definition) is 1. The first-order valence-electron chi connectivity index (χ1n) is 10.7. The highest BCUT2D eigenvalue weighted by Gasteiger charge is 2.32. The van der Waals surface area contributed by atoms with Gasteiger partial charge in [0.2, 0.25) is 5.75 Å². The minimum Gasteiger partial charge on any atom is -0.496 e. The molecule has 9 nitrogen and oxygen atoms in total. The largest absolute Gasteiger partial charge is 0.496 e. The SMILES string of the molecule is CCc1c(OC)cccc1C(=O)NN(C(=O)c1cc(OC)c(OC(C)=O)c(OC)c1)C(C)(C)C. The Morgan fingerprint density at radius 2 is 1.50 bits per heavy atom. The summed E-state index contributed by atoms with van der Waals surface area (Å²) in [4.78, 5) is 38.3. The van der Waals surface area contributed by atoms with Crippen molar-refractivity contribution in [2.24, 2.45) is 0 Å². The summed E-state index contributed by atoms with van der Waals surface area (Å²) in [5, 5.41) is 1.24. The zero-order valence-corrected chi connectivity index (χ0v) is 20.9. The van der Waals surface area contributed by atoms with Crippen molar-refractivity contribution in [2.45, 2.75) is 46.6 Å². The first-order valence-corrected chi connectivity index (χ1v) is 10.7. The van der Waals surface area contributed by atoms with Crippen LogP contribution in [-0.2, 0) is 11.2 Å². The van der Waals surface area contributed by atoms with Gasteiger partial charge in [-0.25, -0.2) is 5.01 Å². The lowest BCUT2D eigenvalue weighted by Crippen LogP contribution is -2.56. The van der Waals surface area contributed by atoms with Crippen LogP contribution in [0.1, 0.15) is 60.9 Å². The monoisotopic (exact) mass is 472 g/mol. The van der Waals surface area contributed by atoms with Crippen molar-refractivity contribution < 1.29 is 33.3 Å². The number of hydrogen-bond acceptors (Lipinski definition) is 7. The van der Waals surface area contributed by atoms with Crippen LogP contribution in [-0.4, -0.2) is 49.7 Å². The summed E-state index contributed by atoms with van der Waals surface area (Å²) < 4.78 is 21.2. The average molecular weight is 473 g/mol. The van der Waals surface area contributed by atoms with Gasteiger partial charge >= 0.3 is 5.97 Å². The Balaban J connectivity index is 2.50. The van der Waals surface area contributed by atoms with Crippen molar-refractivity contribution in [1.82, 2.24) is 10.4 Å². The summed E-state index contributed by atoms with van der Waals surface area (Å²) in [5.74, 6) is -0.589. The molecule has 2 rings (SSSR count). The van der Waals surface area contributed by atoms with Gasteiger partial charge in [-0.15, -0.1) is 0 Å². The number of nitrogens with one attached hydrogen (secondary N) is 1. The van der Waals surface area contributed by atoms with Gasteiger partial charge in [-0.2, -0.15) is 0 Å². The minimum absolute atomic E-state index is 0.0596. The third-order valence-electron chi connectivity index (χ3n) is 4.99. The Morgan fingerprint density at radius 1 is 0.941 bits per heavy atom. The lowest BCUT2D eigenvalue weighted by Gasteiger charge is -2.36. The first-order chi connectivity index (χ1) is 16.0. The molecular formula is C25H32N2O7. The van der Waals surface area contributed by atoms with Crippen molar-refractivity contribution in [3.8, 4) is 23.0 Å². The highest BCUT2D eigenvalue weighted by atomic mass is 16.6. The minimum atomic E-state index is -0.785. The fourth-order valence-electron chi connectivity index (χ4n) is 3.40. The number of benzene rings is 2. The van der Waals surface area contributed by atoms with E-state index in [-0.39, 0.29) is 22.8 Å². The second-order valence-electron chi connectivity index (χ2n) is 8.40. The Labute approximate surface area is 199 Å². The molecule has 184 valence electrons. The van der Waals surface area contributed by atoms with Crippen LogP contribution in [0.15, 0.2) is 30.3 Å². The summed E-state index contributed by atoms with van der Waals surface area (Å²) in [6, 6.07) is 8.04. The van der Waals surface area contributed by atoms with E-state index in [2.05, 4.69) is 5.43 Å². The fraction of sp³-hybridized carbons (Fsp3) is 0.400. The van der Waals surface area contributed by atoms with Crippen molar-refractivity contribution in [3.63, 3.8) is 0 Å². The molecule has 0 aliphatic carbocycles. The molecule has 2 aromatic rings. The number of ether oxygens (including phenoxy) is 4. The van der Waals surface area contributed by atoms with Crippen LogP contribution in [0.25, 0.3) is 0 Å². The number of hydrazine groups is 1. The molecule has 0 saturated carbocycles. The molecule has 0 heterocycles. The van der Waals surface area contributed by atoms with Crippen molar-refractivity contribution in [2.75, 3.05) is 21.3 Å². The summed E-state index contributed by atoms with van der Waals surface area (Å²) >= 11 is 0. The van der Waals surface area contributed by atoms with Gasteiger partial charge in [0.25, 0.3) is 11.8 Å². The molecule has 0 atom stereocenters. The Bertz CT molecular complexity index is 1050. The molecule has 0 unspecified atom stereocenters. The highest BCUT2D eigenvalue weighted by Crippen LogP contribution is 2.39. The third-order valence-corrected chi connectivity index (χ3v) is 4.99. The van der Waals surface area contributed by atoms with Crippen LogP contribution < -0.4 is 24.4 Å². The molecule has 0 aromatic heterocycles. The standard InChI is InChI=1S/C25H32N2O7/c1-9-17-18(11-10-12-19(17)31-6)23(29)26-27(25(3,4)5)24(30)16-13-20(32-7)22(34-15(2)28)21(14-16)33-8/h10-14H,9H2,1-8H3,(H,26,29). The molecule has 0 fully saturated rings. The molecule has 0 bridgehead atoms. The lowest BCUT2D eigenvalue weighted by atomic mass is 10.0. The van der Waals surface area contributed by atoms with Crippen molar-refractivity contribution >= 4 is 17.8 Å². The van der Waals surface area contributed by atoms with E-state index in [4.69, 9.17) is 18.9 Å². The van der Waals surface area contributed by atoms with Crippen LogP contribution in [0.4, 0.5) is 0 Å². The van der Waals surface area contributed by atoms with Gasteiger partial charge in [0.05, 0.1) is 26.9 Å². The summed E-state index contributed by atoms with van der Waals surface area (Å²) in [7, 11) is 4.31. The van der Waals surface area contributed by atoms with Gasteiger partial charge in [0.1, 0.15) is 5.75 Å². The van der Waals surface area contributed by atoms with Gasteiger partial charge in [0, 0.05) is 23.6 Å². The van der Waals surface area contributed by atoms with E-state index in [1.165, 1.54) is 38.3 Å². The summed E-state index contributed by atoms with van der Waals surface area (Å²) in [6.45, 7) is 8.54. The van der Waals surface area contributed by atoms with Crippen LogP contribution in [0.2, 0.25) is 0 Å². The van der Waals surface area contributed by atoms with Gasteiger partial charge in [-0.05, 0) is 51.5 Å². The van der Waals surface area contributed by atoms with E-state index in [0.29, 0.717) is 17.7 Å². The van der Waals surface area contributed by atoms with Crippen molar-refractivity contribution in [1.29, 1.82) is 0 Å².